The van der Waals surface area contributed by atoms with Crippen molar-refractivity contribution in [3.63, 3.8) is 0 Å². The van der Waals surface area contributed by atoms with Gasteiger partial charge in [-0.2, -0.15) is 13.2 Å². The van der Waals surface area contributed by atoms with Gasteiger partial charge in [-0.1, -0.05) is 22.9 Å². The van der Waals surface area contributed by atoms with Crippen molar-refractivity contribution in [1.29, 1.82) is 0 Å². The molecule has 3 nitrogen and oxygen atoms in total. The zero-order chi connectivity index (χ0) is 14.7. The van der Waals surface area contributed by atoms with Crippen LogP contribution < -0.4 is 5.32 Å². The zero-order valence-corrected chi connectivity index (χ0v) is 11.8. The summed E-state index contributed by atoms with van der Waals surface area (Å²) in [5.41, 5.74) is -2.19. The van der Waals surface area contributed by atoms with Crippen molar-refractivity contribution < 1.29 is 23.4 Å². The smallest absolute Gasteiger partial charge is 0.394 e. The van der Waals surface area contributed by atoms with Crippen molar-refractivity contribution in [2.24, 2.45) is 0 Å². The van der Waals surface area contributed by atoms with E-state index >= 15 is 0 Å². The van der Waals surface area contributed by atoms with E-state index in [1.807, 2.05) is 0 Å². The van der Waals surface area contributed by atoms with Gasteiger partial charge in [-0.3, -0.25) is 0 Å². The molecular formula is C12H15BrF3NO2. The number of halogens is 4. The molecule has 0 aromatic heterocycles. The van der Waals surface area contributed by atoms with Crippen molar-refractivity contribution in [2.45, 2.75) is 25.1 Å². The largest absolute Gasteiger partial charge is 0.418 e. The summed E-state index contributed by atoms with van der Waals surface area (Å²) in [6.07, 6.45) is -4.22. The molecule has 0 aliphatic heterocycles. The average molecular weight is 342 g/mol. The maximum Gasteiger partial charge on any atom is 0.418 e. The van der Waals surface area contributed by atoms with E-state index in [0.717, 1.165) is 6.07 Å². The van der Waals surface area contributed by atoms with Gasteiger partial charge in [0, 0.05) is 10.2 Å². The maximum absolute atomic E-state index is 12.9. The summed E-state index contributed by atoms with van der Waals surface area (Å²) in [5.74, 6) is 0. The van der Waals surface area contributed by atoms with Crippen molar-refractivity contribution in [1.82, 2.24) is 0 Å². The lowest BCUT2D eigenvalue weighted by molar-refractivity contribution is -0.137. The second-order valence-corrected chi connectivity index (χ2v) is 5.18. The van der Waals surface area contributed by atoms with Crippen LogP contribution in [0.2, 0.25) is 0 Å². The first-order chi connectivity index (χ1) is 8.78. The zero-order valence-electron chi connectivity index (χ0n) is 10.3. The van der Waals surface area contributed by atoms with Crippen LogP contribution in [0.1, 0.15) is 18.9 Å². The Morgan fingerprint density at radius 1 is 1.21 bits per heavy atom. The molecule has 1 aromatic rings. The van der Waals surface area contributed by atoms with E-state index in [-0.39, 0.29) is 12.1 Å². The number of benzene rings is 1. The Labute approximate surface area is 117 Å². The molecule has 108 valence electrons. The fraction of sp³-hybridized carbons (Fsp3) is 0.500. The van der Waals surface area contributed by atoms with Crippen molar-refractivity contribution >= 4 is 21.6 Å². The van der Waals surface area contributed by atoms with Crippen LogP contribution in [0.3, 0.4) is 0 Å². The van der Waals surface area contributed by atoms with Gasteiger partial charge in [-0.05, 0) is 24.6 Å². The van der Waals surface area contributed by atoms with E-state index in [2.05, 4.69) is 21.2 Å². The summed E-state index contributed by atoms with van der Waals surface area (Å²) in [4.78, 5) is 0. The van der Waals surface area contributed by atoms with Crippen LogP contribution in [0.5, 0.6) is 0 Å². The second-order valence-electron chi connectivity index (χ2n) is 4.26. The van der Waals surface area contributed by atoms with Gasteiger partial charge < -0.3 is 15.5 Å². The number of alkyl halides is 3. The van der Waals surface area contributed by atoms with E-state index < -0.39 is 30.5 Å². The molecule has 0 fully saturated rings. The molecule has 0 amide bonds. The van der Waals surface area contributed by atoms with Crippen LogP contribution in [0, 0.1) is 0 Å². The van der Waals surface area contributed by atoms with Gasteiger partial charge in [0.05, 0.1) is 24.3 Å². The van der Waals surface area contributed by atoms with Gasteiger partial charge in [0.15, 0.2) is 0 Å². The summed E-state index contributed by atoms with van der Waals surface area (Å²) < 4.78 is 39.1. The molecule has 0 saturated carbocycles. The Kier molecular flexibility index (Phi) is 5.23. The first-order valence-corrected chi connectivity index (χ1v) is 6.44. The molecule has 0 unspecified atom stereocenters. The second kappa shape index (κ2) is 6.11. The topological polar surface area (TPSA) is 52.5 Å². The number of hydrogen-bond acceptors (Lipinski definition) is 3. The molecule has 7 heteroatoms. The van der Waals surface area contributed by atoms with Gasteiger partial charge in [0.1, 0.15) is 0 Å². The molecular weight excluding hydrogens is 327 g/mol. The number of aliphatic hydroxyl groups excluding tert-OH is 2. The Morgan fingerprint density at radius 3 is 2.21 bits per heavy atom. The predicted molar refractivity (Wildman–Crippen MR) is 70.0 cm³/mol. The van der Waals surface area contributed by atoms with E-state index in [1.165, 1.54) is 12.1 Å². The predicted octanol–water partition coefficient (Wildman–Crippen LogP) is 3.01. The lowest BCUT2D eigenvalue weighted by Gasteiger charge is -2.32. The fourth-order valence-electron chi connectivity index (χ4n) is 1.59. The normalized spacial score (nSPS) is 12.6. The molecule has 0 aliphatic rings. The Hall–Kier alpha value is -0.790. The lowest BCUT2D eigenvalue weighted by Crippen LogP contribution is -2.45. The standard InChI is InChI=1S/C12H15BrF3NO2/c1-2-11(6-18,7-19)17-10-5-8(13)3-4-9(10)12(14,15)16/h3-5,17-19H,2,6-7H2,1H3. The van der Waals surface area contributed by atoms with Gasteiger partial charge in [-0.15, -0.1) is 0 Å². The van der Waals surface area contributed by atoms with Crippen LogP contribution in [0.4, 0.5) is 18.9 Å². The van der Waals surface area contributed by atoms with Crippen molar-refractivity contribution in [2.75, 3.05) is 18.5 Å². The Balaban J connectivity index is 3.22. The van der Waals surface area contributed by atoms with Gasteiger partial charge in [0.2, 0.25) is 0 Å². The van der Waals surface area contributed by atoms with E-state index in [9.17, 15) is 23.4 Å². The first kappa shape index (κ1) is 16.3. The highest BCUT2D eigenvalue weighted by molar-refractivity contribution is 9.10. The summed E-state index contributed by atoms with van der Waals surface area (Å²) in [6.45, 7) is 0.734. The van der Waals surface area contributed by atoms with Crippen LogP contribution in [-0.4, -0.2) is 29.0 Å². The number of hydrogen-bond donors (Lipinski definition) is 3. The van der Waals surface area contributed by atoms with E-state index in [1.54, 1.807) is 6.92 Å². The summed E-state index contributed by atoms with van der Waals surface area (Å²) >= 11 is 3.10. The molecule has 0 bridgehead atoms. The monoisotopic (exact) mass is 341 g/mol. The summed E-state index contributed by atoms with van der Waals surface area (Å²) in [6, 6.07) is 3.51. The average Bonchev–Trinajstić information content (AvgIpc) is 2.34. The van der Waals surface area contributed by atoms with Gasteiger partial charge >= 0.3 is 6.18 Å². The summed E-state index contributed by atoms with van der Waals surface area (Å²) in [7, 11) is 0. The minimum Gasteiger partial charge on any atom is -0.394 e. The van der Waals surface area contributed by atoms with E-state index in [4.69, 9.17) is 0 Å². The van der Waals surface area contributed by atoms with Crippen LogP contribution in [0.25, 0.3) is 0 Å². The molecule has 0 atom stereocenters. The van der Waals surface area contributed by atoms with Crippen LogP contribution in [-0.2, 0) is 6.18 Å². The number of anilines is 1. The molecule has 1 rings (SSSR count). The third-order valence-corrected chi connectivity index (χ3v) is 3.46. The number of aliphatic hydroxyl groups is 2. The third-order valence-electron chi connectivity index (χ3n) is 2.97. The van der Waals surface area contributed by atoms with Gasteiger partial charge in [-0.25, -0.2) is 0 Å². The molecule has 1 aromatic carbocycles. The first-order valence-electron chi connectivity index (χ1n) is 5.64. The molecule has 0 saturated heterocycles. The summed E-state index contributed by atoms with van der Waals surface area (Å²) in [5, 5.41) is 21.2. The van der Waals surface area contributed by atoms with Crippen LogP contribution >= 0.6 is 15.9 Å². The fourth-order valence-corrected chi connectivity index (χ4v) is 1.95. The number of nitrogens with one attached hydrogen (secondary N) is 1. The van der Waals surface area contributed by atoms with Crippen LogP contribution in [0.15, 0.2) is 22.7 Å². The SMILES string of the molecule is CCC(CO)(CO)Nc1cc(Br)ccc1C(F)(F)F. The quantitative estimate of drug-likeness (QED) is 0.771. The van der Waals surface area contributed by atoms with E-state index in [0.29, 0.717) is 4.47 Å². The van der Waals surface area contributed by atoms with Crippen molar-refractivity contribution in [3.05, 3.63) is 28.2 Å². The maximum atomic E-state index is 12.9. The highest BCUT2D eigenvalue weighted by Crippen LogP contribution is 2.37. The molecule has 0 aliphatic carbocycles. The minimum atomic E-state index is -4.51. The highest BCUT2D eigenvalue weighted by Gasteiger charge is 2.36. The minimum absolute atomic E-state index is 0.174. The number of rotatable bonds is 5. The molecule has 3 N–H and O–H groups in total. The van der Waals surface area contributed by atoms with Crippen molar-refractivity contribution in [3.8, 4) is 0 Å². The highest BCUT2D eigenvalue weighted by atomic mass is 79.9. The third kappa shape index (κ3) is 3.84. The Morgan fingerprint density at radius 2 is 1.79 bits per heavy atom. The Bertz CT molecular complexity index is 425. The molecule has 0 radical (unpaired) electrons. The molecule has 19 heavy (non-hydrogen) atoms. The lowest BCUT2D eigenvalue weighted by atomic mass is 9.97. The molecule has 0 heterocycles. The molecule has 0 spiro atoms. The van der Waals surface area contributed by atoms with Gasteiger partial charge in [0.25, 0.3) is 0 Å².